The molecule has 18 heavy (non-hydrogen) atoms. The molecule has 1 N–H and O–H groups in total. The monoisotopic (exact) mass is 326 g/mol. The summed E-state index contributed by atoms with van der Waals surface area (Å²) in [6.07, 6.45) is 0.175. The second kappa shape index (κ2) is 5.87. The Balaban J connectivity index is 2.15. The van der Waals surface area contributed by atoms with E-state index in [0.29, 0.717) is 6.42 Å². The summed E-state index contributed by atoms with van der Waals surface area (Å²) in [6, 6.07) is 7.92. The molecule has 2 nitrogen and oxygen atoms in total. The summed E-state index contributed by atoms with van der Waals surface area (Å²) < 4.78 is 6.10. The Morgan fingerprint density at radius 2 is 2.17 bits per heavy atom. The van der Waals surface area contributed by atoms with Crippen molar-refractivity contribution >= 4 is 27.3 Å². The van der Waals surface area contributed by atoms with E-state index in [0.717, 1.165) is 26.2 Å². The molecule has 1 atom stereocenters. The van der Waals surface area contributed by atoms with Gasteiger partial charge in [-0.05, 0) is 57.6 Å². The Morgan fingerprint density at radius 1 is 1.39 bits per heavy atom. The molecular formula is C14H15BrO2S. The number of thiophene rings is 1. The minimum absolute atomic E-state index is 0.440. The van der Waals surface area contributed by atoms with Gasteiger partial charge in [0.05, 0.1) is 17.7 Å². The Morgan fingerprint density at radius 3 is 2.72 bits per heavy atom. The quantitative estimate of drug-likeness (QED) is 0.916. The molecule has 0 aliphatic rings. The normalized spacial score (nSPS) is 12.4. The standard InChI is InChI=1S/C14H15BrO2S/c1-9-5-6-18-14(9)12(16)8-10-3-4-13(17-2)11(15)7-10/h3-7,12,16H,8H2,1-2H3. The van der Waals surface area contributed by atoms with E-state index in [9.17, 15) is 5.11 Å². The van der Waals surface area contributed by atoms with Gasteiger partial charge >= 0.3 is 0 Å². The molecule has 0 spiro atoms. The van der Waals surface area contributed by atoms with Crippen LogP contribution in [0.15, 0.2) is 34.1 Å². The zero-order chi connectivity index (χ0) is 13.1. The lowest BCUT2D eigenvalue weighted by atomic mass is 10.1. The fourth-order valence-electron chi connectivity index (χ4n) is 1.88. The predicted octanol–water partition coefficient (Wildman–Crippen LogP) is 4.10. The molecule has 0 saturated heterocycles. The Labute approximate surface area is 119 Å². The van der Waals surface area contributed by atoms with E-state index in [1.54, 1.807) is 18.4 Å². The molecular weight excluding hydrogens is 312 g/mol. The molecule has 2 aromatic rings. The second-order valence-electron chi connectivity index (χ2n) is 4.16. The van der Waals surface area contributed by atoms with Gasteiger partial charge in [-0.2, -0.15) is 0 Å². The maximum absolute atomic E-state index is 10.2. The van der Waals surface area contributed by atoms with Crippen LogP contribution >= 0.6 is 27.3 Å². The van der Waals surface area contributed by atoms with Gasteiger partial charge in [-0.1, -0.05) is 6.07 Å². The topological polar surface area (TPSA) is 29.5 Å². The Bertz CT molecular complexity index is 536. The van der Waals surface area contributed by atoms with Crippen LogP contribution in [0.5, 0.6) is 5.75 Å². The Kier molecular flexibility index (Phi) is 4.43. The maximum Gasteiger partial charge on any atom is 0.133 e. The molecule has 0 bridgehead atoms. The largest absolute Gasteiger partial charge is 0.496 e. The average molecular weight is 327 g/mol. The summed E-state index contributed by atoms with van der Waals surface area (Å²) in [7, 11) is 1.64. The number of hydrogen-bond donors (Lipinski definition) is 1. The molecule has 0 amide bonds. The van der Waals surface area contributed by atoms with Gasteiger partial charge in [0.2, 0.25) is 0 Å². The summed E-state index contributed by atoms with van der Waals surface area (Å²) in [5.41, 5.74) is 2.24. The number of aryl methyl sites for hydroxylation is 1. The van der Waals surface area contributed by atoms with Crippen LogP contribution < -0.4 is 4.74 Å². The van der Waals surface area contributed by atoms with Gasteiger partial charge in [0.1, 0.15) is 5.75 Å². The van der Waals surface area contributed by atoms with E-state index in [2.05, 4.69) is 15.9 Å². The van der Waals surface area contributed by atoms with Crippen molar-refractivity contribution in [3.05, 3.63) is 50.1 Å². The van der Waals surface area contributed by atoms with Crippen LogP contribution in [0.2, 0.25) is 0 Å². The molecule has 1 aromatic carbocycles. The minimum Gasteiger partial charge on any atom is -0.496 e. The van der Waals surface area contributed by atoms with Crippen LogP contribution in [0.3, 0.4) is 0 Å². The van der Waals surface area contributed by atoms with Crippen LogP contribution in [-0.4, -0.2) is 12.2 Å². The first-order valence-corrected chi connectivity index (χ1v) is 7.33. The van der Waals surface area contributed by atoms with E-state index in [4.69, 9.17) is 4.74 Å². The maximum atomic E-state index is 10.2. The first kappa shape index (κ1) is 13.6. The van der Waals surface area contributed by atoms with Crippen molar-refractivity contribution < 1.29 is 9.84 Å². The molecule has 0 fully saturated rings. The van der Waals surface area contributed by atoms with Crippen LogP contribution in [0.25, 0.3) is 0 Å². The number of aliphatic hydroxyl groups is 1. The third-order valence-corrected chi connectivity index (χ3v) is 4.59. The van der Waals surface area contributed by atoms with E-state index < -0.39 is 6.10 Å². The third-order valence-electron chi connectivity index (χ3n) is 2.85. The smallest absolute Gasteiger partial charge is 0.133 e. The summed E-state index contributed by atoms with van der Waals surface area (Å²) in [5, 5.41) is 12.2. The zero-order valence-electron chi connectivity index (χ0n) is 10.3. The second-order valence-corrected chi connectivity index (χ2v) is 5.96. The van der Waals surface area contributed by atoms with Gasteiger partial charge in [0, 0.05) is 11.3 Å². The number of ether oxygens (including phenoxy) is 1. The average Bonchev–Trinajstić information content (AvgIpc) is 2.76. The van der Waals surface area contributed by atoms with Crippen molar-refractivity contribution in [2.75, 3.05) is 7.11 Å². The number of hydrogen-bond acceptors (Lipinski definition) is 3. The lowest BCUT2D eigenvalue weighted by Gasteiger charge is -2.11. The van der Waals surface area contributed by atoms with Gasteiger partial charge in [-0.3, -0.25) is 0 Å². The minimum atomic E-state index is -0.440. The van der Waals surface area contributed by atoms with E-state index in [-0.39, 0.29) is 0 Å². The summed E-state index contributed by atoms with van der Waals surface area (Å²) in [5.74, 6) is 0.806. The van der Waals surface area contributed by atoms with Gasteiger partial charge in [0.25, 0.3) is 0 Å². The van der Waals surface area contributed by atoms with E-state index >= 15 is 0 Å². The molecule has 0 aliphatic carbocycles. The fraction of sp³-hybridized carbons (Fsp3) is 0.286. The van der Waals surface area contributed by atoms with E-state index in [1.165, 1.54) is 0 Å². The van der Waals surface area contributed by atoms with Crippen molar-refractivity contribution in [1.82, 2.24) is 0 Å². The first-order chi connectivity index (χ1) is 8.61. The molecule has 1 aromatic heterocycles. The van der Waals surface area contributed by atoms with Crippen LogP contribution in [0.1, 0.15) is 22.1 Å². The number of halogens is 1. The van der Waals surface area contributed by atoms with Crippen molar-refractivity contribution in [2.24, 2.45) is 0 Å². The lowest BCUT2D eigenvalue weighted by molar-refractivity contribution is 0.181. The highest BCUT2D eigenvalue weighted by molar-refractivity contribution is 9.10. The van der Waals surface area contributed by atoms with Crippen molar-refractivity contribution in [3.8, 4) is 5.75 Å². The number of methoxy groups -OCH3 is 1. The Hall–Kier alpha value is -0.840. The highest BCUT2D eigenvalue weighted by atomic mass is 79.9. The van der Waals surface area contributed by atoms with Crippen molar-refractivity contribution in [3.63, 3.8) is 0 Å². The van der Waals surface area contributed by atoms with Gasteiger partial charge in [0.15, 0.2) is 0 Å². The van der Waals surface area contributed by atoms with E-state index in [1.807, 2.05) is 36.6 Å². The van der Waals surface area contributed by atoms with Crippen molar-refractivity contribution in [2.45, 2.75) is 19.4 Å². The molecule has 1 heterocycles. The van der Waals surface area contributed by atoms with Gasteiger partial charge in [-0.25, -0.2) is 0 Å². The summed E-state index contributed by atoms with van der Waals surface area (Å²) in [4.78, 5) is 1.04. The molecule has 0 saturated carbocycles. The molecule has 2 rings (SSSR count). The summed E-state index contributed by atoms with van der Waals surface area (Å²) in [6.45, 7) is 2.03. The molecule has 0 radical (unpaired) electrons. The number of benzene rings is 1. The predicted molar refractivity (Wildman–Crippen MR) is 78.4 cm³/mol. The summed E-state index contributed by atoms with van der Waals surface area (Å²) >= 11 is 5.06. The highest BCUT2D eigenvalue weighted by Crippen LogP contribution is 2.30. The fourth-order valence-corrected chi connectivity index (χ4v) is 3.38. The van der Waals surface area contributed by atoms with Crippen LogP contribution in [0.4, 0.5) is 0 Å². The molecule has 4 heteroatoms. The van der Waals surface area contributed by atoms with Crippen LogP contribution in [0, 0.1) is 6.92 Å². The van der Waals surface area contributed by atoms with Crippen molar-refractivity contribution in [1.29, 1.82) is 0 Å². The number of rotatable bonds is 4. The molecule has 96 valence electrons. The SMILES string of the molecule is COc1ccc(CC(O)c2sccc2C)cc1Br. The van der Waals surface area contributed by atoms with Crippen LogP contribution in [-0.2, 0) is 6.42 Å². The first-order valence-electron chi connectivity index (χ1n) is 5.66. The zero-order valence-corrected chi connectivity index (χ0v) is 12.7. The lowest BCUT2D eigenvalue weighted by Crippen LogP contribution is -2.01. The number of aliphatic hydroxyl groups excluding tert-OH is 1. The highest BCUT2D eigenvalue weighted by Gasteiger charge is 2.13. The third kappa shape index (κ3) is 2.94. The van der Waals surface area contributed by atoms with Gasteiger partial charge < -0.3 is 9.84 Å². The molecule has 0 aliphatic heterocycles. The molecule has 1 unspecified atom stereocenters. The van der Waals surface area contributed by atoms with Gasteiger partial charge in [-0.15, -0.1) is 11.3 Å².